The van der Waals surface area contributed by atoms with E-state index in [1.807, 2.05) is 6.07 Å². The standard InChI is InChI=1S/C17H16ClNO4S/c18-13-8-6-12(7-9-13)16(20)19-15(17(21)22)10-11-24(23)14-4-2-1-3-5-14/h1-9,15H,10-11H2,(H,19,20)(H,21,22)/t15-,24-/m0/s1. The van der Waals surface area contributed by atoms with Gasteiger partial charge in [-0.3, -0.25) is 9.00 Å². The van der Waals surface area contributed by atoms with Crippen LogP contribution in [0.1, 0.15) is 16.8 Å². The van der Waals surface area contributed by atoms with Crippen LogP contribution in [0.5, 0.6) is 0 Å². The van der Waals surface area contributed by atoms with Crippen molar-refractivity contribution in [2.24, 2.45) is 0 Å². The molecule has 5 nitrogen and oxygen atoms in total. The largest absolute Gasteiger partial charge is 0.480 e. The fourth-order valence-electron chi connectivity index (χ4n) is 2.02. The van der Waals surface area contributed by atoms with Gasteiger partial charge < -0.3 is 10.4 Å². The maximum Gasteiger partial charge on any atom is 0.326 e. The zero-order chi connectivity index (χ0) is 17.5. The maximum atomic E-state index is 12.2. The molecule has 0 fully saturated rings. The van der Waals surface area contributed by atoms with E-state index in [2.05, 4.69) is 5.32 Å². The van der Waals surface area contributed by atoms with Gasteiger partial charge in [0.25, 0.3) is 5.91 Å². The third-order valence-corrected chi connectivity index (χ3v) is 4.96. The highest BCUT2D eigenvalue weighted by atomic mass is 35.5. The zero-order valence-corrected chi connectivity index (χ0v) is 14.2. The lowest BCUT2D eigenvalue weighted by Crippen LogP contribution is -2.41. The van der Waals surface area contributed by atoms with Gasteiger partial charge in [-0.1, -0.05) is 29.8 Å². The molecule has 7 heteroatoms. The van der Waals surface area contributed by atoms with Crippen molar-refractivity contribution in [2.45, 2.75) is 17.4 Å². The van der Waals surface area contributed by atoms with Gasteiger partial charge in [0.2, 0.25) is 0 Å². The van der Waals surface area contributed by atoms with E-state index in [4.69, 9.17) is 11.6 Å². The SMILES string of the molecule is O=C(N[C@@H](CC[S@](=O)c1ccccc1)C(=O)O)c1ccc(Cl)cc1. The molecule has 0 unspecified atom stereocenters. The summed E-state index contributed by atoms with van der Waals surface area (Å²) in [4.78, 5) is 24.1. The molecule has 0 aliphatic heterocycles. The second kappa shape index (κ2) is 8.61. The van der Waals surface area contributed by atoms with Gasteiger partial charge in [0.1, 0.15) is 6.04 Å². The van der Waals surface area contributed by atoms with Crippen LogP contribution >= 0.6 is 11.6 Å². The van der Waals surface area contributed by atoms with E-state index in [-0.39, 0.29) is 12.2 Å². The minimum Gasteiger partial charge on any atom is -0.480 e. The number of rotatable bonds is 7. The molecule has 126 valence electrons. The van der Waals surface area contributed by atoms with Crippen LogP contribution in [-0.4, -0.2) is 33.0 Å². The van der Waals surface area contributed by atoms with Crippen molar-refractivity contribution < 1.29 is 18.9 Å². The summed E-state index contributed by atoms with van der Waals surface area (Å²) in [6.45, 7) is 0. The van der Waals surface area contributed by atoms with Crippen LogP contribution in [0.3, 0.4) is 0 Å². The average molecular weight is 366 g/mol. The highest BCUT2D eigenvalue weighted by Crippen LogP contribution is 2.11. The monoisotopic (exact) mass is 365 g/mol. The number of carboxylic acid groups (broad SMARTS) is 1. The second-order valence-electron chi connectivity index (χ2n) is 5.02. The minimum absolute atomic E-state index is 0.0656. The Morgan fingerprint density at radius 2 is 1.71 bits per heavy atom. The number of carboxylic acids is 1. The number of aliphatic carboxylic acids is 1. The molecule has 0 aromatic heterocycles. The van der Waals surface area contributed by atoms with Crippen LogP contribution in [-0.2, 0) is 15.6 Å². The Hall–Kier alpha value is -2.18. The van der Waals surface area contributed by atoms with Gasteiger partial charge in [-0.05, 0) is 42.8 Å². The quantitative estimate of drug-likeness (QED) is 0.790. The number of halogens is 1. The third kappa shape index (κ3) is 5.18. The summed E-state index contributed by atoms with van der Waals surface area (Å²) in [5.74, 6) is -1.53. The molecule has 2 atom stereocenters. The summed E-state index contributed by atoms with van der Waals surface area (Å²) in [5.41, 5.74) is 0.315. The van der Waals surface area contributed by atoms with Crippen LogP contribution < -0.4 is 5.32 Å². The summed E-state index contributed by atoms with van der Waals surface area (Å²) in [7, 11) is -1.32. The summed E-state index contributed by atoms with van der Waals surface area (Å²) in [5, 5.41) is 12.2. The molecule has 24 heavy (non-hydrogen) atoms. The zero-order valence-electron chi connectivity index (χ0n) is 12.6. The normalized spacial score (nSPS) is 13.0. The van der Waals surface area contributed by atoms with Crippen molar-refractivity contribution in [3.63, 3.8) is 0 Å². The summed E-state index contributed by atoms with van der Waals surface area (Å²) in [6, 6.07) is 13.8. The Morgan fingerprint density at radius 1 is 1.08 bits per heavy atom. The van der Waals surface area contributed by atoms with E-state index >= 15 is 0 Å². The number of hydrogen-bond donors (Lipinski definition) is 2. The first-order chi connectivity index (χ1) is 11.5. The summed E-state index contributed by atoms with van der Waals surface area (Å²) >= 11 is 5.76. The lowest BCUT2D eigenvalue weighted by Gasteiger charge is -2.14. The summed E-state index contributed by atoms with van der Waals surface area (Å²) in [6.07, 6.45) is 0.0656. The van der Waals surface area contributed by atoms with E-state index in [1.165, 1.54) is 12.1 Å². The fraction of sp³-hybridized carbons (Fsp3) is 0.176. The van der Waals surface area contributed by atoms with Crippen LogP contribution in [0.15, 0.2) is 59.5 Å². The minimum atomic E-state index is -1.32. The van der Waals surface area contributed by atoms with Crippen molar-refractivity contribution in [2.75, 3.05) is 5.75 Å². The topological polar surface area (TPSA) is 83.5 Å². The first-order valence-electron chi connectivity index (χ1n) is 7.20. The number of benzene rings is 2. The fourth-order valence-corrected chi connectivity index (χ4v) is 3.29. The Kier molecular flexibility index (Phi) is 6.52. The van der Waals surface area contributed by atoms with Gasteiger partial charge in [-0.25, -0.2) is 4.79 Å². The second-order valence-corrected chi connectivity index (χ2v) is 7.03. The molecule has 2 aromatic rings. The molecular weight excluding hydrogens is 350 g/mol. The van der Waals surface area contributed by atoms with Crippen LogP contribution in [0.2, 0.25) is 5.02 Å². The van der Waals surface area contributed by atoms with Crippen molar-refractivity contribution in [1.82, 2.24) is 5.32 Å². The molecule has 0 heterocycles. The van der Waals surface area contributed by atoms with E-state index in [0.29, 0.717) is 15.5 Å². The van der Waals surface area contributed by atoms with E-state index in [0.717, 1.165) is 0 Å². The maximum absolute atomic E-state index is 12.2. The molecule has 2 rings (SSSR count). The van der Waals surface area contributed by atoms with Crippen molar-refractivity contribution in [3.05, 3.63) is 65.2 Å². The molecule has 0 aliphatic carbocycles. The lowest BCUT2D eigenvalue weighted by atomic mass is 10.1. The number of nitrogens with one attached hydrogen (secondary N) is 1. The number of carbonyl (C=O) groups excluding carboxylic acids is 1. The Morgan fingerprint density at radius 3 is 2.29 bits per heavy atom. The van der Waals surface area contributed by atoms with E-state index in [1.54, 1.807) is 36.4 Å². The molecule has 0 saturated heterocycles. The van der Waals surface area contributed by atoms with Crippen LogP contribution in [0, 0.1) is 0 Å². The molecule has 0 radical (unpaired) electrons. The highest BCUT2D eigenvalue weighted by Gasteiger charge is 2.21. The van der Waals surface area contributed by atoms with Gasteiger partial charge in [0.05, 0.1) is 10.8 Å². The Bertz CT molecular complexity index is 734. The number of amides is 1. The van der Waals surface area contributed by atoms with Gasteiger partial charge in [-0.2, -0.15) is 0 Å². The van der Waals surface area contributed by atoms with Crippen LogP contribution in [0.25, 0.3) is 0 Å². The van der Waals surface area contributed by atoms with Gasteiger partial charge in [-0.15, -0.1) is 0 Å². The third-order valence-electron chi connectivity index (χ3n) is 3.31. The molecule has 0 aliphatic rings. The first kappa shape index (κ1) is 18.2. The lowest BCUT2D eigenvalue weighted by molar-refractivity contribution is -0.139. The number of hydrogen-bond acceptors (Lipinski definition) is 3. The molecule has 1 amide bonds. The average Bonchev–Trinajstić information content (AvgIpc) is 2.59. The molecular formula is C17H16ClNO4S. The molecule has 0 bridgehead atoms. The van der Waals surface area contributed by atoms with Crippen molar-refractivity contribution in [1.29, 1.82) is 0 Å². The van der Waals surface area contributed by atoms with Gasteiger partial charge >= 0.3 is 5.97 Å². The summed E-state index contributed by atoms with van der Waals surface area (Å²) < 4.78 is 12.2. The molecule has 0 spiro atoms. The molecule has 2 aromatic carbocycles. The van der Waals surface area contributed by atoms with Gasteiger partial charge in [0, 0.05) is 21.2 Å². The molecule has 0 saturated carbocycles. The van der Waals surface area contributed by atoms with E-state index < -0.39 is 28.7 Å². The van der Waals surface area contributed by atoms with Crippen LogP contribution in [0.4, 0.5) is 0 Å². The van der Waals surface area contributed by atoms with Crippen molar-refractivity contribution >= 4 is 34.3 Å². The Balaban J connectivity index is 1.97. The predicted molar refractivity (Wildman–Crippen MR) is 92.7 cm³/mol. The predicted octanol–water partition coefficient (Wildman–Crippen LogP) is 2.72. The number of carbonyl (C=O) groups is 2. The smallest absolute Gasteiger partial charge is 0.326 e. The first-order valence-corrected chi connectivity index (χ1v) is 8.89. The van der Waals surface area contributed by atoms with E-state index in [9.17, 15) is 18.9 Å². The molecule has 2 N–H and O–H groups in total. The Labute approximate surface area is 147 Å². The van der Waals surface area contributed by atoms with Gasteiger partial charge in [0.15, 0.2) is 0 Å². The van der Waals surface area contributed by atoms with Crippen molar-refractivity contribution in [3.8, 4) is 0 Å². The highest BCUT2D eigenvalue weighted by molar-refractivity contribution is 7.85.